The molecule has 0 aromatic heterocycles. The molecule has 1 heterocycles. The monoisotopic (exact) mass is 652 g/mol. The van der Waals surface area contributed by atoms with Crippen molar-refractivity contribution in [1.82, 2.24) is 20.4 Å². The Bertz CT molecular complexity index is 983. The molecule has 0 saturated carbocycles. The highest BCUT2D eigenvalue weighted by atomic mass is 16.6. The molecule has 0 unspecified atom stereocenters. The van der Waals surface area contributed by atoms with Crippen molar-refractivity contribution in [1.29, 1.82) is 0 Å². The zero-order valence-electron chi connectivity index (χ0n) is 26.4. The number of ether oxygens (including phenoxy) is 6. The highest BCUT2D eigenvalue weighted by Crippen LogP contribution is 2.10. The van der Waals surface area contributed by atoms with E-state index in [1.54, 1.807) is 0 Å². The topological polar surface area (TPSA) is 188 Å². The van der Waals surface area contributed by atoms with Gasteiger partial charge in [-0.25, -0.2) is 28.8 Å². The molecule has 46 heavy (non-hydrogen) atoms. The van der Waals surface area contributed by atoms with Crippen LogP contribution in [0.3, 0.4) is 0 Å². The maximum Gasteiger partial charge on any atom is 0.407 e. The number of hydrogen-bond donors (Lipinski definition) is 2. The van der Waals surface area contributed by atoms with Crippen LogP contribution in [-0.4, -0.2) is 136 Å². The summed E-state index contributed by atoms with van der Waals surface area (Å²) >= 11 is 0. The molecule has 16 nitrogen and oxygen atoms in total. The number of nitrogens with zero attached hydrogens (tertiary/aromatic N) is 2. The SMILES string of the molecule is C=CC(=O)OCC(C)(COC(=O)C=C)NC(=O)OCCN1CCN(CCOC(=O)NC(C)(COC(=O)C=C)COC(=O)C=C)CC1. The Balaban J connectivity index is 2.43. The number of amides is 2. The van der Waals surface area contributed by atoms with Crippen molar-refractivity contribution in [2.24, 2.45) is 0 Å². The summed E-state index contributed by atoms with van der Waals surface area (Å²) in [5, 5.41) is 5.13. The molecule has 2 N–H and O–H groups in total. The number of piperazine rings is 1. The molecule has 1 aliphatic heterocycles. The minimum Gasteiger partial charge on any atom is -0.460 e. The molecule has 2 amide bonds. The molecule has 1 saturated heterocycles. The predicted molar refractivity (Wildman–Crippen MR) is 163 cm³/mol. The number of rotatable bonds is 20. The van der Waals surface area contributed by atoms with Crippen molar-refractivity contribution in [2.45, 2.75) is 24.9 Å². The summed E-state index contributed by atoms with van der Waals surface area (Å²) in [6, 6.07) is 0. The fourth-order valence-electron chi connectivity index (χ4n) is 3.72. The van der Waals surface area contributed by atoms with Gasteiger partial charge in [-0.3, -0.25) is 9.80 Å². The van der Waals surface area contributed by atoms with Crippen LogP contribution in [0.5, 0.6) is 0 Å². The van der Waals surface area contributed by atoms with Gasteiger partial charge in [0, 0.05) is 63.6 Å². The first-order valence-electron chi connectivity index (χ1n) is 14.3. The lowest BCUT2D eigenvalue weighted by atomic mass is 10.1. The van der Waals surface area contributed by atoms with E-state index in [-0.39, 0.29) is 39.6 Å². The molecule has 0 atom stereocenters. The first-order chi connectivity index (χ1) is 21.8. The molecule has 0 aromatic rings. The van der Waals surface area contributed by atoms with Crippen LogP contribution >= 0.6 is 0 Å². The minimum atomic E-state index is -1.26. The minimum absolute atomic E-state index is 0.0765. The number of esters is 4. The van der Waals surface area contributed by atoms with Crippen molar-refractivity contribution in [2.75, 3.05) is 78.9 Å². The van der Waals surface area contributed by atoms with Crippen LogP contribution in [-0.2, 0) is 47.6 Å². The van der Waals surface area contributed by atoms with Crippen molar-refractivity contribution in [3.8, 4) is 0 Å². The third kappa shape index (κ3) is 16.4. The zero-order chi connectivity index (χ0) is 34.6. The van der Waals surface area contributed by atoms with Crippen LogP contribution in [0.1, 0.15) is 13.8 Å². The fourth-order valence-corrected chi connectivity index (χ4v) is 3.72. The Kier molecular flexibility index (Phi) is 17.4. The molecule has 1 rings (SSSR count). The lowest BCUT2D eigenvalue weighted by Crippen LogP contribution is -2.54. The van der Waals surface area contributed by atoms with Gasteiger partial charge in [0.25, 0.3) is 0 Å². The Hall–Kier alpha value is -4.70. The molecule has 0 aliphatic carbocycles. The van der Waals surface area contributed by atoms with Crippen LogP contribution in [0, 0.1) is 0 Å². The second-order valence-electron chi connectivity index (χ2n) is 10.6. The summed E-state index contributed by atoms with van der Waals surface area (Å²) in [5.41, 5.74) is -2.51. The van der Waals surface area contributed by atoms with E-state index >= 15 is 0 Å². The molecule has 1 fully saturated rings. The van der Waals surface area contributed by atoms with Crippen LogP contribution in [0.2, 0.25) is 0 Å². The highest BCUT2D eigenvalue weighted by Gasteiger charge is 2.32. The largest absolute Gasteiger partial charge is 0.460 e. The van der Waals surface area contributed by atoms with E-state index < -0.39 is 47.1 Å². The number of hydrogen-bond acceptors (Lipinski definition) is 14. The van der Waals surface area contributed by atoms with E-state index in [4.69, 9.17) is 28.4 Å². The Morgan fingerprint density at radius 2 is 0.804 bits per heavy atom. The smallest absolute Gasteiger partial charge is 0.407 e. The number of alkyl carbamates (subject to hydrolysis) is 2. The second-order valence-corrected chi connectivity index (χ2v) is 10.6. The summed E-state index contributed by atoms with van der Waals surface area (Å²) < 4.78 is 30.6. The van der Waals surface area contributed by atoms with E-state index in [2.05, 4.69) is 46.7 Å². The van der Waals surface area contributed by atoms with Gasteiger partial charge in [-0.1, -0.05) is 26.3 Å². The van der Waals surface area contributed by atoms with Gasteiger partial charge in [0.1, 0.15) is 50.7 Å². The summed E-state index contributed by atoms with van der Waals surface area (Å²) in [7, 11) is 0. The first kappa shape index (κ1) is 39.3. The standard InChI is InChI=1S/C30H44N4O12/c1-7-23(35)43-19-29(5,20-44-24(36)8-2)31-27(39)41-17-15-33-11-13-34(14-12-33)16-18-42-28(40)32-30(6,21-45-25(37)9-3)22-46-26(38)10-4/h7-10H,1-4,11-22H2,5-6H3,(H,31,39)(H,32,40). The zero-order valence-corrected chi connectivity index (χ0v) is 26.4. The van der Waals surface area contributed by atoms with Gasteiger partial charge < -0.3 is 39.1 Å². The van der Waals surface area contributed by atoms with Crippen LogP contribution < -0.4 is 10.6 Å². The number of carbonyl (C=O) groups excluding carboxylic acids is 6. The van der Waals surface area contributed by atoms with Crippen molar-refractivity contribution in [3.05, 3.63) is 50.6 Å². The molecule has 0 bridgehead atoms. The van der Waals surface area contributed by atoms with Gasteiger partial charge >= 0.3 is 36.1 Å². The number of carbonyl (C=O) groups is 6. The van der Waals surface area contributed by atoms with Crippen molar-refractivity contribution in [3.63, 3.8) is 0 Å². The highest BCUT2D eigenvalue weighted by molar-refractivity contribution is 5.82. The average Bonchev–Trinajstić information content (AvgIpc) is 3.04. The van der Waals surface area contributed by atoms with E-state index in [1.165, 1.54) is 13.8 Å². The Morgan fingerprint density at radius 3 is 1.04 bits per heavy atom. The molecular formula is C30H44N4O12. The maximum absolute atomic E-state index is 12.4. The predicted octanol–water partition coefficient (Wildman–Crippen LogP) is 0.491. The van der Waals surface area contributed by atoms with Crippen molar-refractivity contribution >= 4 is 36.1 Å². The van der Waals surface area contributed by atoms with Gasteiger partial charge in [-0.05, 0) is 13.8 Å². The Labute approximate surface area is 268 Å². The fraction of sp³-hybridized carbons (Fsp3) is 0.533. The second kappa shape index (κ2) is 20.4. The lowest BCUT2D eigenvalue weighted by molar-refractivity contribution is -0.146. The van der Waals surface area contributed by atoms with Gasteiger partial charge in [0.2, 0.25) is 0 Å². The molecule has 0 aromatic carbocycles. The van der Waals surface area contributed by atoms with Crippen LogP contribution in [0.25, 0.3) is 0 Å². The summed E-state index contributed by atoms with van der Waals surface area (Å²) in [6.45, 7) is 18.9. The summed E-state index contributed by atoms with van der Waals surface area (Å²) in [5.74, 6) is -2.83. The third-order valence-electron chi connectivity index (χ3n) is 6.35. The van der Waals surface area contributed by atoms with E-state index in [1.807, 2.05) is 0 Å². The van der Waals surface area contributed by atoms with E-state index in [0.29, 0.717) is 39.3 Å². The molecule has 1 aliphatic rings. The number of nitrogens with one attached hydrogen (secondary N) is 2. The van der Waals surface area contributed by atoms with Gasteiger partial charge in [0.15, 0.2) is 0 Å². The summed E-state index contributed by atoms with van der Waals surface area (Å²) in [6.07, 6.45) is 2.31. The maximum atomic E-state index is 12.4. The lowest BCUT2D eigenvalue weighted by Gasteiger charge is -2.34. The molecular weight excluding hydrogens is 608 g/mol. The molecule has 16 heteroatoms. The van der Waals surface area contributed by atoms with Gasteiger partial charge in [-0.15, -0.1) is 0 Å². The van der Waals surface area contributed by atoms with E-state index in [9.17, 15) is 28.8 Å². The molecule has 0 radical (unpaired) electrons. The van der Waals surface area contributed by atoms with Crippen LogP contribution in [0.4, 0.5) is 9.59 Å². The average molecular weight is 653 g/mol. The van der Waals surface area contributed by atoms with Gasteiger partial charge in [-0.2, -0.15) is 0 Å². The quantitative estimate of drug-likeness (QED) is 0.105. The summed E-state index contributed by atoms with van der Waals surface area (Å²) in [4.78, 5) is 74.9. The first-order valence-corrected chi connectivity index (χ1v) is 14.3. The Morgan fingerprint density at radius 1 is 0.543 bits per heavy atom. The van der Waals surface area contributed by atoms with Crippen molar-refractivity contribution < 1.29 is 57.2 Å². The molecule has 256 valence electrons. The van der Waals surface area contributed by atoms with Gasteiger partial charge in [0.05, 0.1) is 0 Å². The van der Waals surface area contributed by atoms with Crippen LogP contribution in [0.15, 0.2) is 50.6 Å². The molecule has 0 spiro atoms. The normalized spacial score (nSPS) is 13.6. The van der Waals surface area contributed by atoms with E-state index in [0.717, 1.165) is 24.3 Å². The third-order valence-corrected chi connectivity index (χ3v) is 6.35.